The maximum Gasteiger partial charge on any atom is 0.257 e. The third-order valence-electron chi connectivity index (χ3n) is 2.95. The van der Waals surface area contributed by atoms with Crippen molar-refractivity contribution in [3.05, 3.63) is 29.3 Å². The van der Waals surface area contributed by atoms with E-state index in [1.165, 1.54) is 0 Å². The lowest BCUT2D eigenvalue weighted by atomic mass is 10.1. The average Bonchev–Trinajstić information content (AvgIpc) is 2.27. The molecule has 0 spiro atoms. The molecule has 1 aromatic carbocycles. The predicted octanol–water partition coefficient (Wildman–Crippen LogP) is 1.51. The van der Waals surface area contributed by atoms with Gasteiger partial charge in [-0.05, 0) is 44.5 Å². The fourth-order valence-electron chi connectivity index (χ4n) is 1.65. The molecule has 1 atom stereocenters. The van der Waals surface area contributed by atoms with Gasteiger partial charge in [0.2, 0.25) is 0 Å². The SMILES string of the molecule is Cc1ccc(C(=O)N(C)C(C)CCN)c(O)c1. The molecule has 0 aliphatic rings. The lowest BCUT2D eigenvalue weighted by Crippen LogP contribution is -2.36. The summed E-state index contributed by atoms with van der Waals surface area (Å²) >= 11 is 0. The summed E-state index contributed by atoms with van der Waals surface area (Å²) in [6.07, 6.45) is 0.745. The van der Waals surface area contributed by atoms with Gasteiger partial charge in [-0.2, -0.15) is 0 Å². The average molecular weight is 236 g/mol. The Hall–Kier alpha value is -1.55. The monoisotopic (exact) mass is 236 g/mol. The van der Waals surface area contributed by atoms with Crippen LogP contribution in [0.1, 0.15) is 29.3 Å². The van der Waals surface area contributed by atoms with Crippen LogP contribution in [0.3, 0.4) is 0 Å². The number of nitrogens with zero attached hydrogens (tertiary/aromatic N) is 1. The van der Waals surface area contributed by atoms with E-state index >= 15 is 0 Å². The summed E-state index contributed by atoms with van der Waals surface area (Å²) < 4.78 is 0. The Labute approximate surface area is 102 Å². The molecule has 17 heavy (non-hydrogen) atoms. The van der Waals surface area contributed by atoms with Crippen molar-refractivity contribution in [2.45, 2.75) is 26.3 Å². The van der Waals surface area contributed by atoms with E-state index < -0.39 is 0 Å². The van der Waals surface area contributed by atoms with Gasteiger partial charge in [-0.1, -0.05) is 6.07 Å². The molecule has 3 N–H and O–H groups in total. The molecular weight excluding hydrogens is 216 g/mol. The van der Waals surface area contributed by atoms with E-state index in [1.807, 2.05) is 19.9 Å². The first-order valence-electron chi connectivity index (χ1n) is 5.74. The van der Waals surface area contributed by atoms with Crippen molar-refractivity contribution in [3.63, 3.8) is 0 Å². The molecular formula is C13H20N2O2. The number of rotatable bonds is 4. The summed E-state index contributed by atoms with van der Waals surface area (Å²) in [5, 5.41) is 9.75. The van der Waals surface area contributed by atoms with Crippen LogP contribution in [0, 0.1) is 6.92 Å². The van der Waals surface area contributed by atoms with Crippen LogP contribution in [0.5, 0.6) is 5.75 Å². The Bertz CT molecular complexity index is 404. The largest absolute Gasteiger partial charge is 0.507 e. The molecule has 1 unspecified atom stereocenters. The summed E-state index contributed by atoms with van der Waals surface area (Å²) in [4.78, 5) is 13.7. The molecule has 0 bridgehead atoms. The number of carbonyl (C=O) groups excluding carboxylic acids is 1. The van der Waals surface area contributed by atoms with Gasteiger partial charge in [0, 0.05) is 13.1 Å². The highest BCUT2D eigenvalue weighted by Crippen LogP contribution is 2.20. The molecule has 0 saturated carbocycles. The molecule has 1 aromatic rings. The Morgan fingerprint density at radius 1 is 1.53 bits per heavy atom. The van der Waals surface area contributed by atoms with Crippen LogP contribution in [0.4, 0.5) is 0 Å². The highest BCUT2D eigenvalue weighted by Gasteiger charge is 2.19. The summed E-state index contributed by atoms with van der Waals surface area (Å²) in [6.45, 7) is 4.35. The number of hydrogen-bond donors (Lipinski definition) is 2. The number of benzene rings is 1. The van der Waals surface area contributed by atoms with Crippen LogP contribution in [0.15, 0.2) is 18.2 Å². The van der Waals surface area contributed by atoms with Gasteiger partial charge in [0.1, 0.15) is 5.75 Å². The molecule has 1 rings (SSSR count). The van der Waals surface area contributed by atoms with Crippen LogP contribution in [-0.2, 0) is 0 Å². The standard InChI is InChI=1S/C13H20N2O2/c1-9-4-5-11(12(16)8-9)13(17)15(3)10(2)6-7-14/h4-5,8,10,16H,6-7,14H2,1-3H3. The fraction of sp³-hybridized carbons (Fsp3) is 0.462. The molecule has 0 fully saturated rings. The Morgan fingerprint density at radius 2 is 2.18 bits per heavy atom. The number of phenolic OH excluding ortho intramolecular Hbond substituents is 1. The first kappa shape index (κ1) is 13.5. The summed E-state index contributed by atoms with van der Waals surface area (Å²) in [5.74, 6) is -0.148. The lowest BCUT2D eigenvalue weighted by molar-refractivity contribution is 0.0736. The van der Waals surface area contributed by atoms with E-state index in [2.05, 4.69) is 0 Å². The van der Waals surface area contributed by atoms with Crippen molar-refractivity contribution in [1.29, 1.82) is 0 Å². The van der Waals surface area contributed by atoms with Gasteiger partial charge < -0.3 is 15.7 Å². The molecule has 94 valence electrons. The maximum atomic E-state index is 12.1. The van der Waals surface area contributed by atoms with Crippen molar-refractivity contribution >= 4 is 5.91 Å². The lowest BCUT2D eigenvalue weighted by Gasteiger charge is -2.25. The van der Waals surface area contributed by atoms with Crippen molar-refractivity contribution in [2.75, 3.05) is 13.6 Å². The number of aromatic hydroxyl groups is 1. The molecule has 0 radical (unpaired) electrons. The zero-order chi connectivity index (χ0) is 13.0. The zero-order valence-corrected chi connectivity index (χ0v) is 10.6. The molecule has 0 heterocycles. The van der Waals surface area contributed by atoms with E-state index in [1.54, 1.807) is 24.1 Å². The van der Waals surface area contributed by atoms with Gasteiger partial charge in [0.25, 0.3) is 5.91 Å². The number of phenols is 1. The number of carbonyl (C=O) groups is 1. The molecule has 4 nitrogen and oxygen atoms in total. The first-order chi connectivity index (χ1) is 7.97. The van der Waals surface area contributed by atoms with Crippen LogP contribution < -0.4 is 5.73 Å². The second kappa shape index (κ2) is 5.68. The van der Waals surface area contributed by atoms with Gasteiger partial charge >= 0.3 is 0 Å². The van der Waals surface area contributed by atoms with Crippen LogP contribution in [0.25, 0.3) is 0 Å². The third-order valence-corrected chi connectivity index (χ3v) is 2.95. The minimum atomic E-state index is -0.177. The second-order valence-corrected chi connectivity index (χ2v) is 4.36. The van der Waals surface area contributed by atoms with Gasteiger partial charge in [-0.3, -0.25) is 4.79 Å². The van der Waals surface area contributed by atoms with E-state index in [0.717, 1.165) is 12.0 Å². The molecule has 4 heteroatoms. The predicted molar refractivity (Wildman–Crippen MR) is 68.1 cm³/mol. The molecule has 0 aliphatic heterocycles. The summed E-state index contributed by atoms with van der Waals surface area (Å²) in [7, 11) is 1.72. The van der Waals surface area contributed by atoms with Crippen LogP contribution >= 0.6 is 0 Å². The topological polar surface area (TPSA) is 66.6 Å². The normalized spacial score (nSPS) is 12.2. The minimum Gasteiger partial charge on any atom is -0.507 e. The number of amides is 1. The van der Waals surface area contributed by atoms with E-state index in [-0.39, 0.29) is 17.7 Å². The Morgan fingerprint density at radius 3 is 2.71 bits per heavy atom. The van der Waals surface area contributed by atoms with Crippen molar-refractivity contribution in [2.24, 2.45) is 5.73 Å². The van der Waals surface area contributed by atoms with Gasteiger partial charge in [0.15, 0.2) is 0 Å². The van der Waals surface area contributed by atoms with Crippen molar-refractivity contribution in [3.8, 4) is 5.75 Å². The fourth-order valence-corrected chi connectivity index (χ4v) is 1.65. The van der Waals surface area contributed by atoms with E-state index in [4.69, 9.17) is 5.73 Å². The number of hydrogen-bond acceptors (Lipinski definition) is 3. The summed E-state index contributed by atoms with van der Waals surface area (Å²) in [6, 6.07) is 5.12. The van der Waals surface area contributed by atoms with Gasteiger partial charge in [0.05, 0.1) is 5.56 Å². The molecule has 0 aromatic heterocycles. The van der Waals surface area contributed by atoms with E-state index in [0.29, 0.717) is 12.1 Å². The van der Waals surface area contributed by atoms with Gasteiger partial charge in [-0.15, -0.1) is 0 Å². The highest BCUT2D eigenvalue weighted by molar-refractivity contribution is 5.96. The number of nitrogens with two attached hydrogens (primary N) is 1. The van der Waals surface area contributed by atoms with Crippen LogP contribution in [0.2, 0.25) is 0 Å². The maximum absolute atomic E-state index is 12.1. The third kappa shape index (κ3) is 3.20. The second-order valence-electron chi connectivity index (χ2n) is 4.36. The number of aryl methyl sites for hydroxylation is 1. The molecule has 0 aliphatic carbocycles. The van der Waals surface area contributed by atoms with Crippen molar-refractivity contribution < 1.29 is 9.90 Å². The zero-order valence-electron chi connectivity index (χ0n) is 10.6. The quantitative estimate of drug-likeness (QED) is 0.832. The smallest absolute Gasteiger partial charge is 0.257 e. The summed E-state index contributed by atoms with van der Waals surface area (Å²) in [5.41, 5.74) is 6.73. The van der Waals surface area contributed by atoms with Crippen LogP contribution in [-0.4, -0.2) is 35.5 Å². The van der Waals surface area contributed by atoms with E-state index in [9.17, 15) is 9.90 Å². The highest BCUT2D eigenvalue weighted by atomic mass is 16.3. The Balaban J connectivity index is 2.88. The first-order valence-corrected chi connectivity index (χ1v) is 5.74. The molecule has 0 saturated heterocycles. The van der Waals surface area contributed by atoms with Gasteiger partial charge in [-0.25, -0.2) is 0 Å². The van der Waals surface area contributed by atoms with Crippen molar-refractivity contribution in [1.82, 2.24) is 4.90 Å². The Kier molecular flexibility index (Phi) is 4.52. The molecule has 1 amide bonds. The minimum absolute atomic E-state index is 0.0294.